The second-order valence-corrected chi connectivity index (χ2v) is 9.44. The van der Waals surface area contributed by atoms with Gasteiger partial charge in [0, 0.05) is 18.9 Å². The Hall–Kier alpha value is -1.62. The number of ketones is 1. The number of carbonyl (C=O) groups is 1. The average Bonchev–Trinajstić information content (AvgIpc) is 2.44. The van der Waals surface area contributed by atoms with E-state index >= 15 is 0 Å². The summed E-state index contributed by atoms with van der Waals surface area (Å²) in [6.07, 6.45) is 3.09. The fourth-order valence-electron chi connectivity index (χ4n) is 2.81. The number of carbonyl (C=O) groups excluding carboxylic acids is 1. The molecule has 132 valence electrons. The first-order valence-electron chi connectivity index (χ1n) is 8.24. The maximum Gasteiger partial charge on any atom is 0.338 e. The Morgan fingerprint density at radius 1 is 1.12 bits per heavy atom. The molecule has 1 aromatic carbocycles. The molecule has 0 fully saturated rings. The summed E-state index contributed by atoms with van der Waals surface area (Å²) in [5.41, 5.74) is 0.786. The van der Waals surface area contributed by atoms with E-state index in [9.17, 15) is 13.2 Å². The minimum atomic E-state index is -3.92. The minimum absolute atomic E-state index is 0.00844. The summed E-state index contributed by atoms with van der Waals surface area (Å²) in [5.74, 6) is 0.116. The number of benzene rings is 1. The van der Waals surface area contributed by atoms with Crippen LogP contribution in [0.4, 0.5) is 0 Å². The predicted molar refractivity (Wildman–Crippen MR) is 94.1 cm³/mol. The lowest BCUT2D eigenvalue weighted by molar-refractivity contribution is -0.117. The van der Waals surface area contributed by atoms with Crippen LogP contribution in [0, 0.1) is 5.41 Å². The van der Waals surface area contributed by atoms with E-state index in [0.29, 0.717) is 12.8 Å². The third-order valence-corrected chi connectivity index (χ3v) is 5.94. The van der Waals surface area contributed by atoms with Gasteiger partial charge >= 0.3 is 10.1 Å². The SMILES string of the molecule is CCC(C)(C)c1ccc(S(=O)(=O)OC2=CC(=O)CC(C)(C)C2)cc1. The Kier molecular flexibility index (Phi) is 4.96. The van der Waals surface area contributed by atoms with Crippen LogP contribution in [0.15, 0.2) is 41.0 Å². The summed E-state index contributed by atoms with van der Waals surface area (Å²) in [4.78, 5) is 11.9. The van der Waals surface area contributed by atoms with E-state index in [1.54, 1.807) is 12.1 Å². The van der Waals surface area contributed by atoms with Crippen molar-refractivity contribution < 1.29 is 17.4 Å². The molecule has 0 aromatic heterocycles. The summed E-state index contributed by atoms with van der Waals surface area (Å²) in [7, 11) is -3.92. The van der Waals surface area contributed by atoms with Crippen molar-refractivity contribution in [1.82, 2.24) is 0 Å². The van der Waals surface area contributed by atoms with Gasteiger partial charge in [-0.1, -0.05) is 46.8 Å². The minimum Gasteiger partial charge on any atom is -0.383 e. The quantitative estimate of drug-likeness (QED) is 0.741. The lowest BCUT2D eigenvalue weighted by atomic mass is 9.80. The van der Waals surface area contributed by atoms with Crippen molar-refractivity contribution in [3.63, 3.8) is 0 Å². The van der Waals surface area contributed by atoms with Crippen molar-refractivity contribution >= 4 is 15.9 Å². The maximum absolute atomic E-state index is 12.5. The van der Waals surface area contributed by atoms with Crippen molar-refractivity contribution in [3.05, 3.63) is 41.7 Å². The summed E-state index contributed by atoms with van der Waals surface area (Å²) in [6.45, 7) is 10.2. The highest BCUT2D eigenvalue weighted by atomic mass is 32.2. The normalized spacial score (nSPS) is 18.2. The van der Waals surface area contributed by atoms with Crippen molar-refractivity contribution in [2.75, 3.05) is 0 Å². The van der Waals surface area contributed by atoms with E-state index < -0.39 is 10.1 Å². The highest BCUT2D eigenvalue weighted by molar-refractivity contribution is 7.86. The zero-order chi connectivity index (χ0) is 18.2. The molecule has 0 radical (unpaired) electrons. The van der Waals surface area contributed by atoms with E-state index in [0.717, 1.165) is 12.0 Å². The fraction of sp³-hybridized carbons (Fsp3) is 0.526. The summed E-state index contributed by atoms with van der Waals surface area (Å²) in [6, 6.07) is 6.78. The van der Waals surface area contributed by atoms with Crippen LogP contribution in [0.5, 0.6) is 0 Å². The van der Waals surface area contributed by atoms with Gasteiger partial charge in [-0.05, 0) is 34.9 Å². The number of allylic oxidation sites excluding steroid dienone is 2. The molecular weight excluding hydrogens is 324 g/mol. The largest absolute Gasteiger partial charge is 0.383 e. The van der Waals surface area contributed by atoms with E-state index in [-0.39, 0.29) is 27.3 Å². The summed E-state index contributed by atoms with van der Waals surface area (Å²) >= 11 is 0. The third-order valence-electron chi connectivity index (χ3n) is 4.65. The van der Waals surface area contributed by atoms with E-state index in [1.807, 2.05) is 26.0 Å². The molecule has 0 atom stereocenters. The van der Waals surface area contributed by atoms with Crippen molar-refractivity contribution in [1.29, 1.82) is 0 Å². The van der Waals surface area contributed by atoms with Gasteiger partial charge in [-0.2, -0.15) is 8.42 Å². The molecule has 4 nitrogen and oxygen atoms in total. The Morgan fingerprint density at radius 3 is 2.21 bits per heavy atom. The van der Waals surface area contributed by atoms with Crippen LogP contribution in [-0.2, 0) is 24.5 Å². The lowest BCUT2D eigenvalue weighted by Gasteiger charge is -2.28. The number of hydrogen-bond acceptors (Lipinski definition) is 4. The molecular formula is C19H26O4S. The summed E-state index contributed by atoms with van der Waals surface area (Å²) < 4.78 is 30.2. The van der Waals surface area contributed by atoms with E-state index in [1.165, 1.54) is 6.08 Å². The topological polar surface area (TPSA) is 60.4 Å². The van der Waals surface area contributed by atoms with Crippen LogP contribution in [-0.4, -0.2) is 14.2 Å². The third kappa shape index (κ3) is 4.26. The van der Waals surface area contributed by atoms with Crippen molar-refractivity contribution in [3.8, 4) is 0 Å². The van der Waals surface area contributed by atoms with Crippen molar-refractivity contribution in [2.24, 2.45) is 5.41 Å². The molecule has 1 aliphatic carbocycles. The van der Waals surface area contributed by atoms with Gasteiger partial charge in [0.05, 0.1) is 0 Å². The molecule has 2 rings (SSSR count). The van der Waals surface area contributed by atoms with Gasteiger partial charge in [-0.25, -0.2) is 0 Å². The molecule has 0 amide bonds. The van der Waals surface area contributed by atoms with Crippen LogP contribution in [0.3, 0.4) is 0 Å². The molecule has 0 spiro atoms. The first-order valence-corrected chi connectivity index (χ1v) is 9.64. The first-order chi connectivity index (χ1) is 11.0. The molecule has 1 aromatic rings. The molecule has 5 heteroatoms. The maximum atomic E-state index is 12.5. The highest BCUT2D eigenvalue weighted by Crippen LogP contribution is 2.35. The Labute approximate surface area is 145 Å². The van der Waals surface area contributed by atoms with Gasteiger partial charge in [-0.15, -0.1) is 0 Å². The van der Waals surface area contributed by atoms with Gasteiger partial charge in [-0.3, -0.25) is 4.79 Å². The standard InChI is InChI=1S/C19H26O4S/c1-6-19(4,5)14-7-9-17(10-8-14)24(21,22)23-16-11-15(20)12-18(2,3)13-16/h7-11H,6,12-13H2,1-5H3. The molecule has 0 aliphatic heterocycles. The van der Waals surface area contributed by atoms with Crippen LogP contribution < -0.4 is 0 Å². The van der Waals surface area contributed by atoms with Gasteiger partial charge in [0.15, 0.2) is 5.78 Å². The Morgan fingerprint density at radius 2 is 1.71 bits per heavy atom. The molecule has 0 heterocycles. The number of rotatable bonds is 5. The lowest BCUT2D eigenvalue weighted by Crippen LogP contribution is -2.24. The second-order valence-electron chi connectivity index (χ2n) is 7.89. The van der Waals surface area contributed by atoms with Crippen molar-refractivity contribution in [2.45, 2.75) is 64.2 Å². The molecule has 24 heavy (non-hydrogen) atoms. The van der Waals surface area contributed by atoms with Crippen LogP contribution in [0.25, 0.3) is 0 Å². The van der Waals surface area contributed by atoms with Crippen LogP contribution >= 0.6 is 0 Å². The molecule has 0 saturated carbocycles. The zero-order valence-electron chi connectivity index (χ0n) is 15.0. The number of hydrogen-bond donors (Lipinski definition) is 0. The monoisotopic (exact) mass is 350 g/mol. The van der Waals surface area contributed by atoms with E-state index in [2.05, 4.69) is 20.8 Å². The van der Waals surface area contributed by atoms with Crippen LogP contribution in [0.2, 0.25) is 0 Å². The van der Waals surface area contributed by atoms with Gasteiger partial charge in [0.1, 0.15) is 10.7 Å². The highest BCUT2D eigenvalue weighted by Gasteiger charge is 2.31. The van der Waals surface area contributed by atoms with Gasteiger partial charge in [0.2, 0.25) is 0 Å². The summed E-state index contributed by atoms with van der Waals surface area (Å²) in [5, 5.41) is 0. The second kappa shape index (κ2) is 6.36. The fourth-order valence-corrected chi connectivity index (χ4v) is 3.76. The van der Waals surface area contributed by atoms with Gasteiger partial charge in [0.25, 0.3) is 0 Å². The smallest absolute Gasteiger partial charge is 0.338 e. The van der Waals surface area contributed by atoms with E-state index in [4.69, 9.17) is 4.18 Å². The predicted octanol–water partition coefficient (Wildman–Crippen LogP) is 4.35. The Bertz CT molecular complexity index is 753. The molecule has 0 saturated heterocycles. The van der Waals surface area contributed by atoms with Crippen LogP contribution in [0.1, 0.15) is 59.4 Å². The molecule has 0 bridgehead atoms. The molecule has 0 unspecified atom stereocenters. The van der Waals surface area contributed by atoms with Gasteiger partial charge < -0.3 is 4.18 Å². The molecule has 1 aliphatic rings. The Balaban J connectivity index is 2.24. The first kappa shape index (κ1) is 18.7. The average molecular weight is 350 g/mol. The molecule has 0 N–H and O–H groups in total. The zero-order valence-corrected chi connectivity index (χ0v) is 15.9.